The van der Waals surface area contributed by atoms with Crippen LogP contribution < -0.4 is 5.32 Å². The number of carbonyl (C=O) groups excluding carboxylic acids is 1. The van der Waals surface area contributed by atoms with Crippen molar-refractivity contribution in [3.8, 4) is 0 Å². The lowest BCUT2D eigenvalue weighted by atomic mass is 10.0. The molecule has 0 saturated heterocycles. The predicted octanol–water partition coefficient (Wildman–Crippen LogP) is 1.88. The Morgan fingerprint density at radius 3 is 2.62 bits per heavy atom. The van der Waals surface area contributed by atoms with Gasteiger partial charge in [-0.25, -0.2) is 0 Å². The van der Waals surface area contributed by atoms with Crippen LogP contribution in [0.1, 0.15) is 35.4 Å². The number of carbonyl (C=O) groups is 1. The third-order valence-electron chi connectivity index (χ3n) is 2.59. The minimum Gasteiger partial charge on any atom is -0.387 e. The van der Waals surface area contributed by atoms with Crippen molar-refractivity contribution < 1.29 is 9.63 Å². The number of benzene rings is 1. The highest BCUT2D eigenvalue weighted by molar-refractivity contribution is 5.94. The van der Waals surface area contributed by atoms with Gasteiger partial charge < -0.3 is 10.2 Å². The van der Waals surface area contributed by atoms with Crippen LogP contribution in [-0.2, 0) is 4.84 Å². The maximum atomic E-state index is 11.3. The minimum atomic E-state index is -0.0775. The molecule has 1 unspecified atom stereocenters. The van der Waals surface area contributed by atoms with Crippen LogP contribution in [0.4, 0.5) is 0 Å². The summed E-state index contributed by atoms with van der Waals surface area (Å²) >= 11 is 0. The second kappa shape index (κ2) is 4.35. The highest BCUT2D eigenvalue weighted by Gasteiger charge is 2.20. The monoisotopic (exact) mass is 218 g/mol. The number of nitrogens with zero attached hydrogens (tertiary/aromatic N) is 1. The highest BCUT2D eigenvalue weighted by Crippen LogP contribution is 2.26. The van der Waals surface area contributed by atoms with Crippen molar-refractivity contribution in [1.82, 2.24) is 5.32 Å². The second-order valence-corrected chi connectivity index (χ2v) is 3.83. The Kier molecular flexibility index (Phi) is 2.90. The Bertz CT molecular complexity index is 423. The van der Waals surface area contributed by atoms with Gasteiger partial charge in [-0.2, -0.15) is 0 Å². The molecule has 4 heteroatoms. The van der Waals surface area contributed by atoms with E-state index in [2.05, 4.69) is 10.5 Å². The molecule has 1 aromatic carbocycles. The van der Waals surface area contributed by atoms with E-state index in [1.165, 1.54) is 0 Å². The van der Waals surface area contributed by atoms with Crippen molar-refractivity contribution >= 4 is 11.6 Å². The zero-order valence-corrected chi connectivity index (χ0v) is 9.36. The van der Waals surface area contributed by atoms with Gasteiger partial charge in [-0.3, -0.25) is 4.79 Å². The first kappa shape index (κ1) is 10.7. The molecule has 1 heterocycles. The summed E-state index contributed by atoms with van der Waals surface area (Å²) in [5.74, 6) is -0.0775. The molecular formula is C12H14N2O2. The van der Waals surface area contributed by atoms with Crippen molar-refractivity contribution in [1.29, 1.82) is 0 Å². The van der Waals surface area contributed by atoms with Gasteiger partial charge in [0.05, 0.1) is 5.71 Å². The molecule has 16 heavy (non-hydrogen) atoms. The Morgan fingerprint density at radius 2 is 2.12 bits per heavy atom. The molecule has 1 atom stereocenters. The lowest BCUT2D eigenvalue weighted by Crippen LogP contribution is -2.17. The number of nitrogens with one attached hydrogen (secondary N) is 1. The molecule has 0 radical (unpaired) electrons. The van der Waals surface area contributed by atoms with Gasteiger partial charge in [0.15, 0.2) is 6.10 Å². The largest absolute Gasteiger partial charge is 0.387 e. The number of hydrogen-bond donors (Lipinski definition) is 1. The molecule has 0 aromatic heterocycles. The van der Waals surface area contributed by atoms with E-state index >= 15 is 0 Å². The average molecular weight is 218 g/mol. The summed E-state index contributed by atoms with van der Waals surface area (Å²) in [6, 6.07) is 7.41. The Morgan fingerprint density at radius 1 is 1.44 bits per heavy atom. The molecule has 4 nitrogen and oxygen atoms in total. The van der Waals surface area contributed by atoms with E-state index < -0.39 is 0 Å². The standard InChI is InChI=1S/C12H14N2O2/c1-8-7-11(16-14-8)9-3-5-10(6-4-9)12(15)13-2/h3-6,11H,7H2,1-2H3,(H,13,15). The van der Waals surface area contributed by atoms with Crippen LogP contribution in [0.15, 0.2) is 29.4 Å². The molecule has 0 aliphatic carbocycles. The lowest BCUT2D eigenvalue weighted by Gasteiger charge is -2.08. The van der Waals surface area contributed by atoms with E-state index in [9.17, 15) is 4.79 Å². The first-order valence-corrected chi connectivity index (χ1v) is 5.22. The molecule has 0 saturated carbocycles. The Hall–Kier alpha value is -1.84. The zero-order valence-electron chi connectivity index (χ0n) is 9.36. The third kappa shape index (κ3) is 2.05. The van der Waals surface area contributed by atoms with Crippen LogP contribution in [0.5, 0.6) is 0 Å². The fourth-order valence-electron chi connectivity index (χ4n) is 1.67. The SMILES string of the molecule is CNC(=O)c1ccc(C2CC(C)=NO2)cc1. The highest BCUT2D eigenvalue weighted by atomic mass is 16.6. The van der Waals surface area contributed by atoms with Crippen LogP contribution in [0, 0.1) is 0 Å². The van der Waals surface area contributed by atoms with E-state index in [0.717, 1.165) is 17.7 Å². The van der Waals surface area contributed by atoms with Gasteiger partial charge in [0.25, 0.3) is 5.91 Å². The topological polar surface area (TPSA) is 50.7 Å². The summed E-state index contributed by atoms with van der Waals surface area (Å²) in [6.45, 7) is 1.94. The summed E-state index contributed by atoms with van der Waals surface area (Å²) in [4.78, 5) is 16.6. The molecule has 84 valence electrons. The molecule has 2 rings (SSSR count). The predicted molar refractivity (Wildman–Crippen MR) is 61.4 cm³/mol. The number of hydrogen-bond acceptors (Lipinski definition) is 3. The summed E-state index contributed by atoms with van der Waals surface area (Å²) in [6.07, 6.45) is 0.818. The minimum absolute atomic E-state index is 0.00117. The van der Waals surface area contributed by atoms with Gasteiger partial charge in [-0.05, 0) is 24.6 Å². The number of rotatable bonds is 2. The van der Waals surface area contributed by atoms with Crippen molar-refractivity contribution in [3.63, 3.8) is 0 Å². The molecule has 1 aromatic rings. The Labute approximate surface area is 94.3 Å². The maximum absolute atomic E-state index is 11.3. The van der Waals surface area contributed by atoms with Gasteiger partial charge in [0.1, 0.15) is 0 Å². The fourth-order valence-corrected chi connectivity index (χ4v) is 1.67. The first-order chi connectivity index (χ1) is 7.70. The lowest BCUT2D eigenvalue weighted by molar-refractivity contribution is 0.0856. The van der Waals surface area contributed by atoms with E-state index in [-0.39, 0.29) is 12.0 Å². The maximum Gasteiger partial charge on any atom is 0.251 e. The van der Waals surface area contributed by atoms with Gasteiger partial charge in [-0.15, -0.1) is 0 Å². The quantitative estimate of drug-likeness (QED) is 0.824. The summed E-state index contributed by atoms with van der Waals surface area (Å²) in [5, 5.41) is 6.49. The van der Waals surface area contributed by atoms with Crippen molar-refractivity contribution in [2.24, 2.45) is 5.16 Å². The normalized spacial score (nSPS) is 18.9. The number of amides is 1. The van der Waals surface area contributed by atoms with Crippen LogP contribution in [0.2, 0.25) is 0 Å². The van der Waals surface area contributed by atoms with Gasteiger partial charge in [0, 0.05) is 19.0 Å². The molecule has 0 bridgehead atoms. The van der Waals surface area contributed by atoms with Crippen LogP contribution >= 0.6 is 0 Å². The third-order valence-corrected chi connectivity index (χ3v) is 2.59. The Balaban J connectivity index is 2.11. The van der Waals surface area contributed by atoms with E-state index in [1.807, 2.05) is 19.1 Å². The van der Waals surface area contributed by atoms with Crippen LogP contribution in [0.25, 0.3) is 0 Å². The summed E-state index contributed by atoms with van der Waals surface area (Å²) < 4.78 is 0. The fraction of sp³-hybridized carbons (Fsp3) is 0.333. The van der Waals surface area contributed by atoms with E-state index in [4.69, 9.17) is 4.84 Å². The molecule has 0 spiro atoms. The zero-order chi connectivity index (χ0) is 11.5. The summed E-state index contributed by atoms with van der Waals surface area (Å²) in [5.41, 5.74) is 2.70. The van der Waals surface area contributed by atoms with E-state index in [0.29, 0.717) is 5.56 Å². The molecule has 1 N–H and O–H groups in total. The van der Waals surface area contributed by atoms with Gasteiger partial charge in [0.2, 0.25) is 0 Å². The van der Waals surface area contributed by atoms with Crippen molar-refractivity contribution in [2.75, 3.05) is 7.05 Å². The smallest absolute Gasteiger partial charge is 0.251 e. The van der Waals surface area contributed by atoms with Crippen LogP contribution in [0.3, 0.4) is 0 Å². The van der Waals surface area contributed by atoms with Crippen molar-refractivity contribution in [3.05, 3.63) is 35.4 Å². The van der Waals surface area contributed by atoms with Crippen molar-refractivity contribution in [2.45, 2.75) is 19.4 Å². The van der Waals surface area contributed by atoms with Crippen LogP contribution in [-0.4, -0.2) is 18.7 Å². The second-order valence-electron chi connectivity index (χ2n) is 3.83. The number of oxime groups is 1. The van der Waals surface area contributed by atoms with Gasteiger partial charge >= 0.3 is 0 Å². The summed E-state index contributed by atoms with van der Waals surface area (Å²) in [7, 11) is 1.62. The molecule has 1 aliphatic heterocycles. The molecule has 1 aliphatic rings. The van der Waals surface area contributed by atoms with Gasteiger partial charge in [-0.1, -0.05) is 17.3 Å². The van der Waals surface area contributed by atoms with E-state index in [1.54, 1.807) is 19.2 Å². The first-order valence-electron chi connectivity index (χ1n) is 5.22. The molecule has 0 fully saturated rings. The average Bonchev–Trinajstić information content (AvgIpc) is 2.75. The molecule has 1 amide bonds. The molecular weight excluding hydrogens is 204 g/mol.